The van der Waals surface area contributed by atoms with Crippen LogP contribution in [-0.4, -0.2) is 47.1 Å². The van der Waals surface area contributed by atoms with Crippen molar-refractivity contribution in [3.05, 3.63) is 34.8 Å². The van der Waals surface area contributed by atoms with Crippen LogP contribution in [0.3, 0.4) is 0 Å². The summed E-state index contributed by atoms with van der Waals surface area (Å²) in [5.74, 6) is 0.0453. The van der Waals surface area contributed by atoms with Gasteiger partial charge < -0.3 is 9.64 Å². The Kier molecular flexibility index (Phi) is 10.2. The van der Waals surface area contributed by atoms with Gasteiger partial charge in [-0.15, -0.1) is 24.8 Å². The number of thiazole rings is 1. The van der Waals surface area contributed by atoms with E-state index in [0.29, 0.717) is 11.4 Å². The van der Waals surface area contributed by atoms with E-state index in [1.165, 1.54) is 16.9 Å². The van der Waals surface area contributed by atoms with E-state index < -0.39 is 0 Å². The number of benzene rings is 1. The van der Waals surface area contributed by atoms with Crippen molar-refractivity contribution in [1.29, 1.82) is 0 Å². The quantitative estimate of drug-likeness (QED) is 0.432. The summed E-state index contributed by atoms with van der Waals surface area (Å²) >= 11 is 1.44. The zero-order valence-electron chi connectivity index (χ0n) is 19.1. The van der Waals surface area contributed by atoms with Crippen molar-refractivity contribution in [2.75, 3.05) is 20.7 Å². The number of fused-ring (bicyclic) bond motifs is 3. The molecule has 0 fully saturated rings. The number of halogens is 2. The molecule has 2 heterocycles. The van der Waals surface area contributed by atoms with Gasteiger partial charge in [0.15, 0.2) is 4.96 Å². The molecule has 1 atom stereocenters. The topological polar surface area (TPSA) is 58.9 Å². The molecule has 1 N–H and O–H groups in total. The van der Waals surface area contributed by atoms with Gasteiger partial charge in [-0.05, 0) is 29.5 Å². The fourth-order valence-electron chi connectivity index (χ4n) is 3.53. The number of hydrogen-bond donors (Lipinski definition) is 1. The molecule has 0 aliphatic heterocycles. The average Bonchev–Trinajstić information content (AvgIpc) is 3.21. The van der Waals surface area contributed by atoms with Crippen molar-refractivity contribution in [2.45, 2.75) is 53.3 Å². The number of carbonyl (C=O) groups excluding carboxylic acids is 1. The van der Waals surface area contributed by atoms with Crippen molar-refractivity contribution in [1.82, 2.24) is 19.6 Å². The first-order chi connectivity index (χ1) is 13.7. The fourth-order valence-corrected chi connectivity index (χ4v) is 4.52. The van der Waals surface area contributed by atoms with Crippen LogP contribution in [0.4, 0.5) is 0 Å². The molecule has 0 bridgehead atoms. The highest BCUT2D eigenvalue weighted by atomic mass is 35.5. The van der Waals surface area contributed by atoms with Crippen LogP contribution in [0.5, 0.6) is 0 Å². The van der Waals surface area contributed by atoms with Crippen LogP contribution in [-0.2, 0) is 11.3 Å². The summed E-state index contributed by atoms with van der Waals surface area (Å²) in [4.78, 5) is 20.9. The third kappa shape index (κ3) is 6.80. The summed E-state index contributed by atoms with van der Waals surface area (Å²) in [7, 11) is 3.60. The van der Waals surface area contributed by atoms with Crippen LogP contribution in [0.1, 0.15) is 55.8 Å². The van der Waals surface area contributed by atoms with Crippen molar-refractivity contribution >= 4 is 58.1 Å². The molecule has 31 heavy (non-hydrogen) atoms. The van der Waals surface area contributed by atoms with Crippen molar-refractivity contribution in [2.24, 2.45) is 5.41 Å². The van der Waals surface area contributed by atoms with Crippen molar-refractivity contribution in [3.8, 4) is 0 Å². The summed E-state index contributed by atoms with van der Waals surface area (Å²) < 4.78 is 7.50. The zero-order chi connectivity index (χ0) is 21.2. The van der Waals surface area contributed by atoms with Crippen LogP contribution < -0.4 is 5.32 Å². The van der Waals surface area contributed by atoms with Gasteiger partial charge in [0.2, 0.25) is 0 Å². The van der Waals surface area contributed by atoms with Gasteiger partial charge in [0.1, 0.15) is 11.1 Å². The summed E-state index contributed by atoms with van der Waals surface area (Å²) in [5.41, 5.74) is 3.20. The third-order valence-corrected chi connectivity index (χ3v) is 5.78. The summed E-state index contributed by atoms with van der Waals surface area (Å²) in [5, 5.41) is 3.44. The molecule has 0 saturated carbocycles. The highest BCUT2D eigenvalue weighted by molar-refractivity contribution is 7.18. The molecule has 6 nitrogen and oxygen atoms in total. The number of methoxy groups -OCH3 is 1. The molecule has 174 valence electrons. The molecule has 0 spiro atoms. The Morgan fingerprint density at radius 2 is 2.03 bits per heavy atom. The van der Waals surface area contributed by atoms with Gasteiger partial charge >= 0.3 is 0 Å². The van der Waals surface area contributed by atoms with Gasteiger partial charge in [-0.25, -0.2) is 4.98 Å². The lowest BCUT2D eigenvalue weighted by molar-refractivity contribution is 0.0647. The summed E-state index contributed by atoms with van der Waals surface area (Å²) in [6.45, 7) is 9.99. The molecule has 0 radical (unpaired) electrons. The molecular weight excluding hydrogens is 455 g/mol. The second-order valence-electron chi connectivity index (χ2n) is 8.80. The van der Waals surface area contributed by atoms with Gasteiger partial charge in [0, 0.05) is 33.4 Å². The molecule has 9 heteroatoms. The van der Waals surface area contributed by atoms with Gasteiger partial charge in [0.05, 0.1) is 11.0 Å². The van der Waals surface area contributed by atoms with Crippen LogP contribution in [0, 0.1) is 5.41 Å². The predicted octanol–water partition coefficient (Wildman–Crippen LogP) is 5.37. The molecule has 2 aromatic heterocycles. The van der Waals surface area contributed by atoms with Crippen LogP contribution in [0.25, 0.3) is 16.0 Å². The van der Waals surface area contributed by atoms with Crippen LogP contribution >= 0.6 is 36.2 Å². The van der Waals surface area contributed by atoms with Gasteiger partial charge in [0.25, 0.3) is 5.91 Å². The minimum atomic E-state index is 0. The minimum absolute atomic E-state index is 0. The maximum atomic E-state index is 12.8. The zero-order valence-corrected chi connectivity index (χ0v) is 21.5. The minimum Gasteiger partial charge on any atom is -0.367 e. The van der Waals surface area contributed by atoms with E-state index in [1.807, 2.05) is 23.7 Å². The van der Waals surface area contributed by atoms with Crippen molar-refractivity contribution < 1.29 is 9.53 Å². The number of imidazole rings is 1. The molecule has 3 aromatic rings. The second-order valence-corrected chi connectivity index (χ2v) is 9.81. The number of ether oxygens (including phenoxy) is 1. The monoisotopic (exact) mass is 488 g/mol. The number of amides is 1. The normalized spacial score (nSPS) is 12.5. The number of nitrogens with one attached hydrogen (secondary N) is 1. The number of aromatic nitrogens is 2. The highest BCUT2D eigenvalue weighted by Crippen LogP contribution is 2.26. The average molecular weight is 490 g/mol. The lowest BCUT2D eigenvalue weighted by Crippen LogP contribution is -2.34. The number of carbonyl (C=O) groups is 1. The smallest absolute Gasteiger partial charge is 0.265 e. The third-order valence-electron chi connectivity index (χ3n) is 4.81. The lowest BCUT2D eigenvalue weighted by Gasteiger charge is -2.26. The maximum Gasteiger partial charge on any atom is 0.265 e. The fraction of sp³-hybridized carbons (Fsp3) is 0.545. The van der Waals surface area contributed by atoms with Gasteiger partial charge in [-0.2, -0.15) is 0 Å². The Morgan fingerprint density at radius 1 is 1.32 bits per heavy atom. The summed E-state index contributed by atoms with van der Waals surface area (Å²) in [6, 6.07) is 6.27. The first kappa shape index (κ1) is 27.7. The Labute approximate surface area is 201 Å². The van der Waals surface area contributed by atoms with Crippen LogP contribution in [0.15, 0.2) is 24.4 Å². The van der Waals surface area contributed by atoms with E-state index in [2.05, 4.69) is 45.1 Å². The second kappa shape index (κ2) is 11.5. The molecule has 0 saturated heterocycles. The summed E-state index contributed by atoms with van der Waals surface area (Å²) in [6.07, 6.45) is 4.03. The van der Waals surface area contributed by atoms with Crippen molar-refractivity contribution in [3.63, 3.8) is 0 Å². The van der Waals surface area contributed by atoms with E-state index in [0.717, 1.165) is 35.4 Å². The van der Waals surface area contributed by atoms with E-state index in [-0.39, 0.29) is 42.4 Å². The SMILES string of the molecule is CCCC(NCc1ccc2nc3sc(C(=O)N(C)CC(C)(C)C)cn3c2c1)OC.Cl.Cl. The molecule has 0 aliphatic carbocycles. The molecule has 1 amide bonds. The number of nitrogens with zero attached hydrogens (tertiary/aromatic N) is 3. The molecular formula is C22H34Cl2N4O2S. The largest absolute Gasteiger partial charge is 0.367 e. The maximum absolute atomic E-state index is 12.8. The highest BCUT2D eigenvalue weighted by Gasteiger charge is 2.21. The van der Waals surface area contributed by atoms with Gasteiger partial charge in [-0.3, -0.25) is 14.5 Å². The molecule has 3 rings (SSSR count). The first-order valence-electron chi connectivity index (χ1n) is 10.1. The standard InChI is InChI=1S/C22H32N4O2S.2ClH/c1-7-8-19(28-6)23-12-15-9-10-16-17(11-15)26-13-18(29-21(26)24-16)20(27)25(5)14-22(2,3)4;;/h9-11,13,19,23H,7-8,12,14H2,1-6H3;2*1H. The van der Waals surface area contributed by atoms with E-state index in [9.17, 15) is 4.79 Å². The first-order valence-corrected chi connectivity index (χ1v) is 11.0. The molecule has 0 aliphatic rings. The van der Waals surface area contributed by atoms with Gasteiger partial charge in [-0.1, -0.05) is 51.5 Å². The van der Waals surface area contributed by atoms with Crippen LogP contribution in [0.2, 0.25) is 0 Å². The Hall–Kier alpha value is -1.38. The Balaban J connectivity index is 0.00000240. The molecule has 1 aromatic carbocycles. The number of rotatable bonds is 8. The number of hydrogen-bond acceptors (Lipinski definition) is 5. The predicted molar refractivity (Wildman–Crippen MR) is 134 cm³/mol. The Morgan fingerprint density at radius 3 is 2.65 bits per heavy atom. The Bertz CT molecular complexity index is 997. The lowest BCUT2D eigenvalue weighted by atomic mass is 9.96. The van der Waals surface area contributed by atoms with E-state index >= 15 is 0 Å². The van der Waals surface area contributed by atoms with E-state index in [1.54, 1.807) is 12.0 Å². The van der Waals surface area contributed by atoms with E-state index in [4.69, 9.17) is 9.72 Å². The molecule has 1 unspecified atom stereocenters.